The van der Waals surface area contributed by atoms with Gasteiger partial charge in [0.25, 0.3) is 0 Å². The summed E-state index contributed by atoms with van der Waals surface area (Å²) in [5.74, 6) is 0. The molecule has 2 rings (SSSR count). The van der Waals surface area contributed by atoms with Crippen molar-refractivity contribution < 1.29 is 17.7 Å². The Hall–Kier alpha value is -1.67. The lowest BCUT2D eigenvalue weighted by molar-refractivity contribution is -0.137. The Morgan fingerprint density at radius 3 is 1.68 bits per heavy atom. The van der Waals surface area contributed by atoms with Crippen molar-refractivity contribution in [2.45, 2.75) is 13.1 Å². The zero-order valence-electron chi connectivity index (χ0n) is 10.1. The molecular formula is C14H11F3OP+. The van der Waals surface area contributed by atoms with Crippen LogP contribution in [0, 0.1) is 6.92 Å². The normalized spacial score (nSPS) is 12.3. The summed E-state index contributed by atoms with van der Waals surface area (Å²) >= 11 is 0. The van der Waals surface area contributed by atoms with Crippen molar-refractivity contribution in [3.8, 4) is 0 Å². The van der Waals surface area contributed by atoms with E-state index in [9.17, 15) is 17.7 Å². The fourth-order valence-corrected chi connectivity index (χ4v) is 2.75. The Labute approximate surface area is 109 Å². The first kappa shape index (κ1) is 13.8. The lowest BCUT2D eigenvalue weighted by Gasteiger charge is -2.04. The van der Waals surface area contributed by atoms with Gasteiger partial charge in [-0.1, -0.05) is 22.3 Å². The van der Waals surface area contributed by atoms with E-state index >= 15 is 0 Å². The minimum Gasteiger partial charge on any atom is -0.166 e. The second kappa shape index (κ2) is 5.14. The van der Waals surface area contributed by atoms with Gasteiger partial charge in [-0.2, -0.15) is 13.2 Å². The van der Waals surface area contributed by atoms with Gasteiger partial charge in [-0.15, -0.1) is 0 Å². The van der Waals surface area contributed by atoms with Crippen molar-refractivity contribution in [1.82, 2.24) is 0 Å². The lowest BCUT2D eigenvalue weighted by Crippen LogP contribution is -2.09. The van der Waals surface area contributed by atoms with E-state index in [1.807, 2.05) is 19.1 Å². The molecule has 0 saturated heterocycles. The van der Waals surface area contributed by atoms with Gasteiger partial charge in [-0.3, -0.25) is 0 Å². The second-order valence-electron chi connectivity index (χ2n) is 4.17. The van der Waals surface area contributed by atoms with E-state index in [2.05, 4.69) is 0 Å². The van der Waals surface area contributed by atoms with Crippen LogP contribution in [-0.2, 0) is 10.7 Å². The number of halogens is 3. The van der Waals surface area contributed by atoms with Crippen molar-refractivity contribution in [1.29, 1.82) is 0 Å². The molecule has 0 N–H and O–H groups in total. The van der Waals surface area contributed by atoms with Crippen molar-refractivity contribution in [2.75, 3.05) is 0 Å². The molecule has 5 heteroatoms. The van der Waals surface area contributed by atoms with Crippen LogP contribution in [0.15, 0.2) is 48.5 Å². The van der Waals surface area contributed by atoms with Gasteiger partial charge in [0.15, 0.2) is 10.6 Å². The third kappa shape index (κ3) is 3.21. The SMILES string of the molecule is Cc1ccc([P+](=O)c2ccc(C(F)(F)F)cc2)cc1. The number of alkyl halides is 3. The standard InChI is InChI=1S/C14H11F3OP/c1-10-2-6-12(7-3-10)19(18)13-8-4-11(5-9-13)14(15,16)17/h2-9H,1H3/q+1. The highest BCUT2D eigenvalue weighted by molar-refractivity contribution is 7.61. The molecule has 0 saturated carbocycles. The molecule has 2 aromatic rings. The van der Waals surface area contributed by atoms with Crippen molar-refractivity contribution in [2.24, 2.45) is 0 Å². The summed E-state index contributed by atoms with van der Waals surface area (Å²) in [5.41, 5.74) is 0.308. The highest BCUT2D eigenvalue weighted by Gasteiger charge is 2.31. The maximum atomic E-state index is 12.4. The Balaban J connectivity index is 2.27. The number of rotatable bonds is 2. The maximum Gasteiger partial charge on any atom is 0.416 e. The molecule has 0 aliphatic heterocycles. The van der Waals surface area contributed by atoms with Gasteiger partial charge >= 0.3 is 14.0 Å². The van der Waals surface area contributed by atoms with Crippen molar-refractivity contribution in [3.63, 3.8) is 0 Å². The summed E-state index contributed by atoms with van der Waals surface area (Å²) in [6.45, 7) is 1.91. The first-order valence-electron chi connectivity index (χ1n) is 5.59. The van der Waals surface area contributed by atoms with Crippen LogP contribution in [0.25, 0.3) is 0 Å². The van der Waals surface area contributed by atoms with E-state index in [1.165, 1.54) is 12.1 Å². The smallest absolute Gasteiger partial charge is 0.166 e. The lowest BCUT2D eigenvalue weighted by atomic mass is 10.2. The van der Waals surface area contributed by atoms with Crippen molar-refractivity contribution >= 4 is 18.4 Å². The Kier molecular flexibility index (Phi) is 3.72. The Morgan fingerprint density at radius 1 is 0.842 bits per heavy atom. The molecule has 0 fully saturated rings. The molecule has 0 amide bonds. The first-order chi connectivity index (χ1) is 8.88. The Bertz CT molecular complexity index is 586. The molecule has 19 heavy (non-hydrogen) atoms. The maximum absolute atomic E-state index is 12.4. The van der Waals surface area contributed by atoms with Gasteiger partial charge in [-0.05, 0) is 43.3 Å². The minimum absolute atomic E-state index is 0.395. The molecule has 0 aromatic heterocycles. The molecule has 1 nitrogen and oxygen atoms in total. The van der Waals surface area contributed by atoms with E-state index in [0.29, 0.717) is 10.6 Å². The highest BCUT2D eigenvalue weighted by atomic mass is 31.1. The Morgan fingerprint density at radius 2 is 1.26 bits per heavy atom. The summed E-state index contributed by atoms with van der Waals surface area (Å²) in [7, 11) is -1.85. The van der Waals surface area contributed by atoms with Crippen LogP contribution in [0.1, 0.15) is 11.1 Å². The largest absolute Gasteiger partial charge is 0.416 e. The van der Waals surface area contributed by atoms with Gasteiger partial charge in [-0.25, -0.2) is 0 Å². The highest BCUT2D eigenvalue weighted by Crippen LogP contribution is 2.29. The van der Waals surface area contributed by atoms with Crippen LogP contribution in [-0.4, -0.2) is 0 Å². The molecule has 0 spiro atoms. The van der Waals surface area contributed by atoms with E-state index in [0.717, 1.165) is 17.7 Å². The van der Waals surface area contributed by atoms with Crippen LogP contribution in [0.2, 0.25) is 0 Å². The zero-order valence-corrected chi connectivity index (χ0v) is 11.0. The van der Waals surface area contributed by atoms with Gasteiger partial charge in [0.1, 0.15) is 0 Å². The average molecular weight is 283 g/mol. The second-order valence-corrected chi connectivity index (χ2v) is 5.80. The van der Waals surface area contributed by atoms with Gasteiger partial charge < -0.3 is 0 Å². The molecular weight excluding hydrogens is 272 g/mol. The molecule has 0 radical (unpaired) electrons. The van der Waals surface area contributed by atoms with Gasteiger partial charge in [0.05, 0.1) is 5.56 Å². The van der Waals surface area contributed by atoms with E-state index in [-0.39, 0.29) is 0 Å². The zero-order chi connectivity index (χ0) is 14.0. The summed E-state index contributed by atoms with van der Waals surface area (Å²) in [6, 6.07) is 11.5. The third-order valence-corrected chi connectivity index (χ3v) is 4.23. The van der Waals surface area contributed by atoms with Gasteiger partial charge in [0, 0.05) is 0 Å². The first-order valence-corrected chi connectivity index (χ1v) is 6.85. The molecule has 0 aliphatic rings. The quantitative estimate of drug-likeness (QED) is 0.766. The van der Waals surface area contributed by atoms with Crippen LogP contribution in [0.5, 0.6) is 0 Å². The predicted molar refractivity (Wildman–Crippen MR) is 69.5 cm³/mol. The molecule has 0 bridgehead atoms. The summed E-state index contributed by atoms with van der Waals surface area (Å²) in [5, 5.41) is 1.01. The van der Waals surface area contributed by atoms with Crippen LogP contribution in [0.3, 0.4) is 0 Å². The van der Waals surface area contributed by atoms with Crippen molar-refractivity contribution in [3.05, 3.63) is 59.7 Å². The third-order valence-electron chi connectivity index (χ3n) is 2.70. The summed E-state index contributed by atoms with van der Waals surface area (Å²) in [6.07, 6.45) is -4.37. The minimum atomic E-state index is -4.37. The molecule has 98 valence electrons. The summed E-state index contributed by atoms with van der Waals surface area (Å²) in [4.78, 5) is 0. The number of hydrogen-bond acceptors (Lipinski definition) is 1. The van der Waals surface area contributed by atoms with E-state index in [1.54, 1.807) is 12.1 Å². The molecule has 1 unspecified atom stereocenters. The fourth-order valence-electron chi connectivity index (χ4n) is 1.62. The van der Waals surface area contributed by atoms with E-state index in [4.69, 9.17) is 0 Å². The number of hydrogen-bond donors (Lipinski definition) is 0. The van der Waals surface area contributed by atoms with Crippen LogP contribution in [0.4, 0.5) is 13.2 Å². The van der Waals surface area contributed by atoms with E-state index < -0.39 is 19.5 Å². The topological polar surface area (TPSA) is 17.1 Å². The van der Waals surface area contributed by atoms with Crippen LogP contribution < -0.4 is 10.6 Å². The van der Waals surface area contributed by atoms with Gasteiger partial charge in [0.2, 0.25) is 0 Å². The molecule has 1 atom stereocenters. The molecule has 0 aliphatic carbocycles. The monoisotopic (exact) mass is 283 g/mol. The predicted octanol–water partition coefficient (Wildman–Crippen LogP) is 3.79. The van der Waals surface area contributed by atoms with Crippen LogP contribution >= 0.6 is 7.80 Å². The average Bonchev–Trinajstić information content (AvgIpc) is 2.38. The number of aryl methyl sites for hydroxylation is 1. The molecule has 2 aromatic carbocycles. The number of benzene rings is 2. The molecule has 0 heterocycles. The fraction of sp³-hybridized carbons (Fsp3) is 0.143. The summed E-state index contributed by atoms with van der Waals surface area (Å²) < 4.78 is 49.4.